The van der Waals surface area contributed by atoms with Crippen LogP contribution in [0.4, 0.5) is 16.2 Å². The quantitative estimate of drug-likeness (QED) is 0.331. The van der Waals surface area contributed by atoms with Crippen molar-refractivity contribution in [2.45, 2.75) is 0 Å². The molecule has 0 aromatic heterocycles. The van der Waals surface area contributed by atoms with Crippen LogP contribution in [0.25, 0.3) is 0 Å². The zero-order valence-corrected chi connectivity index (χ0v) is 8.55. The number of hydrogen-bond donors (Lipinski definition) is 4. The van der Waals surface area contributed by atoms with Gasteiger partial charge in [-0.15, -0.1) is 0 Å². The van der Waals surface area contributed by atoms with Crippen LogP contribution in [-0.2, 0) is 0 Å². The molecule has 0 spiro atoms. The molecule has 2 amide bonds. The van der Waals surface area contributed by atoms with E-state index in [0.717, 1.165) is 0 Å². The number of hydrogen-bond acceptors (Lipinski definition) is 3. The molecular weight excluding hydrogens is 206 g/mol. The molecule has 0 unspecified atom stereocenters. The molecule has 6 nitrogen and oxygen atoms in total. The van der Waals surface area contributed by atoms with Crippen molar-refractivity contribution in [3.63, 3.8) is 0 Å². The van der Waals surface area contributed by atoms with Crippen molar-refractivity contribution < 1.29 is 4.79 Å². The van der Waals surface area contributed by atoms with Gasteiger partial charge < -0.3 is 22.5 Å². The van der Waals surface area contributed by atoms with Crippen molar-refractivity contribution in [2.75, 3.05) is 11.1 Å². The second-order valence-electron chi connectivity index (χ2n) is 2.95. The molecule has 0 atom stereocenters. The number of carbonyl (C=O) groups is 1. The predicted molar refractivity (Wildman–Crippen MR) is 64.8 cm³/mol. The molecule has 0 heterocycles. The van der Waals surface area contributed by atoms with Crippen LogP contribution < -0.4 is 22.5 Å². The summed E-state index contributed by atoms with van der Waals surface area (Å²) < 4.78 is 0. The molecule has 0 saturated carbocycles. The van der Waals surface area contributed by atoms with E-state index in [9.17, 15) is 4.79 Å². The number of amides is 2. The van der Waals surface area contributed by atoms with E-state index in [0.29, 0.717) is 11.4 Å². The first-order chi connectivity index (χ1) is 7.61. The van der Waals surface area contributed by atoms with Gasteiger partial charge in [0.05, 0.1) is 0 Å². The number of amidine groups is 1. The highest BCUT2D eigenvalue weighted by atomic mass is 16.2. The minimum absolute atomic E-state index is 0.0314. The zero-order valence-electron chi connectivity index (χ0n) is 8.55. The normalized spacial score (nSPS) is 11.6. The maximum Gasteiger partial charge on any atom is 0.347 e. The summed E-state index contributed by atoms with van der Waals surface area (Å²) in [6.45, 7) is 0. The number of rotatable bonds is 2. The summed E-state index contributed by atoms with van der Waals surface area (Å²) >= 11 is 0. The van der Waals surface area contributed by atoms with E-state index in [2.05, 4.69) is 10.3 Å². The molecule has 1 aromatic rings. The van der Waals surface area contributed by atoms with Crippen LogP contribution in [0.3, 0.4) is 0 Å². The topological polar surface area (TPSA) is 120 Å². The summed E-state index contributed by atoms with van der Waals surface area (Å²) in [7, 11) is 0. The fourth-order valence-electron chi connectivity index (χ4n) is 1.02. The van der Waals surface area contributed by atoms with Gasteiger partial charge in [0.15, 0.2) is 0 Å². The van der Waals surface area contributed by atoms with Gasteiger partial charge in [0.2, 0.25) is 0 Å². The summed E-state index contributed by atoms with van der Waals surface area (Å²) in [6.07, 6.45) is 2.52. The van der Waals surface area contributed by atoms with E-state index in [4.69, 9.17) is 17.2 Å². The number of nitrogens with one attached hydrogen (secondary N) is 1. The van der Waals surface area contributed by atoms with Crippen LogP contribution >= 0.6 is 0 Å². The Bertz CT molecular complexity index is 439. The average Bonchev–Trinajstić information content (AvgIpc) is 2.17. The van der Waals surface area contributed by atoms with Gasteiger partial charge in [-0.1, -0.05) is 6.07 Å². The standard InChI is InChI=1S/C10H13N5O/c11-5-4-9(13)15-10(16)14-8-3-1-2-7(12)6-8/h1-6H,11-12H2,(H3,13,14,15,16)/b5-4-. The molecule has 0 fully saturated rings. The lowest BCUT2D eigenvalue weighted by Crippen LogP contribution is -2.15. The Morgan fingerprint density at radius 1 is 1.44 bits per heavy atom. The Hall–Kier alpha value is -2.50. The van der Waals surface area contributed by atoms with Gasteiger partial charge in [0, 0.05) is 11.4 Å². The third-order valence-corrected chi connectivity index (χ3v) is 1.64. The minimum atomic E-state index is -0.582. The van der Waals surface area contributed by atoms with Crippen molar-refractivity contribution in [1.82, 2.24) is 0 Å². The number of nitrogens with zero attached hydrogens (tertiary/aromatic N) is 1. The fraction of sp³-hybridized carbons (Fsp3) is 0. The van der Waals surface area contributed by atoms with Gasteiger partial charge in [-0.05, 0) is 30.5 Å². The van der Waals surface area contributed by atoms with Gasteiger partial charge in [-0.25, -0.2) is 4.79 Å². The molecule has 16 heavy (non-hydrogen) atoms. The van der Waals surface area contributed by atoms with Crippen LogP contribution in [0.2, 0.25) is 0 Å². The van der Waals surface area contributed by atoms with E-state index < -0.39 is 6.03 Å². The highest BCUT2D eigenvalue weighted by molar-refractivity contribution is 6.03. The second-order valence-corrected chi connectivity index (χ2v) is 2.95. The molecule has 0 bridgehead atoms. The zero-order chi connectivity index (χ0) is 12.0. The highest BCUT2D eigenvalue weighted by Crippen LogP contribution is 2.11. The lowest BCUT2D eigenvalue weighted by atomic mass is 10.3. The van der Waals surface area contributed by atoms with Crippen LogP contribution in [-0.4, -0.2) is 11.9 Å². The molecular formula is C10H13N5O. The molecule has 0 radical (unpaired) electrons. The second kappa shape index (κ2) is 5.40. The summed E-state index contributed by atoms with van der Waals surface area (Å²) in [5.41, 5.74) is 17.1. The van der Waals surface area contributed by atoms with E-state index in [-0.39, 0.29) is 5.84 Å². The number of carbonyl (C=O) groups excluding carboxylic acids is 1. The van der Waals surface area contributed by atoms with Crippen LogP contribution in [0.15, 0.2) is 41.5 Å². The summed E-state index contributed by atoms with van der Waals surface area (Å²) in [4.78, 5) is 14.8. The number of urea groups is 1. The molecule has 0 saturated heterocycles. The first kappa shape index (κ1) is 11.6. The molecule has 1 rings (SSSR count). The number of nitrogen functional groups attached to an aromatic ring is 1. The molecule has 0 aliphatic heterocycles. The summed E-state index contributed by atoms with van der Waals surface area (Å²) in [5.74, 6) is 0.0314. The highest BCUT2D eigenvalue weighted by Gasteiger charge is 2.00. The van der Waals surface area contributed by atoms with Crippen molar-refractivity contribution in [3.05, 3.63) is 36.5 Å². The molecule has 0 aliphatic rings. The van der Waals surface area contributed by atoms with Crippen molar-refractivity contribution in [1.29, 1.82) is 0 Å². The number of anilines is 2. The van der Waals surface area contributed by atoms with Gasteiger partial charge in [-0.3, -0.25) is 0 Å². The molecule has 84 valence electrons. The Kier molecular flexibility index (Phi) is 3.90. The van der Waals surface area contributed by atoms with E-state index in [1.54, 1.807) is 24.3 Å². The largest absolute Gasteiger partial charge is 0.404 e. The molecule has 7 N–H and O–H groups in total. The van der Waals surface area contributed by atoms with Crippen molar-refractivity contribution in [3.8, 4) is 0 Å². The first-order valence-corrected chi connectivity index (χ1v) is 4.51. The third-order valence-electron chi connectivity index (χ3n) is 1.64. The van der Waals surface area contributed by atoms with Crippen LogP contribution in [0.1, 0.15) is 0 Å². The Morgan fingerprint density at radius 3 is 2.81 bits per heavy atom. The monoisotopic (exact) mass is 219 g/mol. The minimum Gasteiger partial charge on any atom is -0.404 e. The van der Waals surface area contributed by atoms with Gasteiger partial charge in [0.25, 0.3) is 0 Å². The maximum absolute atomic E-state index is 11.3. The van der Waals surface area contributed by atoms with Gasteiger partial charge in [0.1, 0.15) is 5.84 Å². The number of nitrogens with two attached hydrogens (primary N) is 3. The molecule has 6 heteroatoms. The van der Waals surface area contributed by atoms with E-state index >= 15 is 0 Å². The first-order valence-electron chi connectivity index (χ1n) is 4.51. The summed E-state index contributed by atoms with van der Waals surface area (Å²) in [5, 5.41) is 2.51. The summed E-state index contributed by atoms with van der Waals surface area (Å²) in [6, 6.07) is 6.16. The molecule has 0 aliphatic carbocycles. The lowest BCUT2D eigenvalue weighted by Gasteiger charge is -2.02. The van der Waals surface area contributed by atoms with Crippen molar-refractivity contribution >= 4 is 23.2 Å². The fourth-order valence-corrected chi connectivity index (χ4v) is 1.02. The smallest absolute Gasteiger partial charge is 0.347 e. The third kappa shape index (κ3) is 3.70. The Balaban J connectivity index is 2.68. The van der Waals surface area contributed by atoms with Crippen molar-refractivity contribution in [2.24, 2.45) is 16.5 Å². The Morgan fingerprint density at radius 2 is 2.19 bits per heavy atom. The van der Waals surface area contributed by atoms with Crippen LogP contribution in [0, 0.1) is 0 Å². The van der Waals surface area contributed by atoms with Gasteiger partial charge in [-0.2, -0.15) is 4.99 Å². The van der Waals surface area contributed by atoms with E-state index in [1.807, 2.05) is 0 Å². The number of benzene rings is 1. The van der Waals surface area contributed by atoms with Crippen LogP contribution in [0.5, 0.6) is 0 Å². The lowest BCUT2D eigenvalue weighted by molar-refractivity contribution is 0.259. The molecule has 1 aromatic carbocycles. The number of aliphatic imine (C=N–C) groups is 1. The average molecular weight is 219 g/mol. The Labute approximate surface area is 92.8 Å². The van der Waals surface area contributed by atoms with E-state index in [1.165, 1.54) is 12.3 Å². The maximum atomic E-state index is 11.3. The van der Waals surface area contributed by atoms with Gasteiger partial charge >= 0.3 is 6.03 Å². The SMILES string of the molecule is N/C=C\C(N)=N/C(=O)Nc1cccc(N)c1. The predicted octanol–water partition coefficient (Wildman–Crippen LogP) is 0.630.